The molecular weight excluding hydrogens is 282 g/mol. The number of benzene rings is 4. The smallest absolute Gasteiger partial charge is 0.124 e. The monoisotopic (exact) mass is 297 g/mol. The van der Waals surface area contributed by atoms with Gasteiger partial charge >= 0.3 is 0 Å². The first-order valence-corrected chi connectivity index (χ1v) is 7.55. The topological polar surface area (TPSA) is 32.6 Å². The van der Waals surface area contributed by atoms with E-state index in [9.17, 15) is 5.11 Å². The van der Waals surface area contributed by atoms with Gasteiger partial charge in [0, 0.05) is 17.2 Å². The van der Waals surface area contributed by atoms with E-state index in [4.69, 9.17) is 0 Å². The molecule has 0 amide bonds. The molecule has 2 nitrogen and oxygen atoms in total. The van der Waals surface area contributed by atoms with Crippen LogP contribution in [-0.4, -0.2) is 11.3 Å². The molecule has 0 bridgehead atoms. The van der Waals surface area contributed by atoms with E-state index in [1.165, 1.54) is 10.8 Å². The number of nitrogens with zero attached hydrogens (tertiary/aromatic N) is 1. The number of aliphatic imine (C=N–C) groups is 1. The molecule has 0 saturated carbocycles. The summed E-state index contributed by atoms with van der Waals surface area (Å²) in [7, 11) is 0. The zero-order chi connectivity index (χ0) is 15.6. The van der Waals surface area contributed by atoms with E-state index in [-0.39, 0.29) is 5.75 Å². The zero-order valence-electron chi connectivity index (χ0n) is 12.5. The van der Waals surface area contributed by atoms with E-state index in [0.29, 0.717) is 5.56 Å². The molecule has 23 heavy (non-hydrogen) atoms. The predicted molar refractivity (Wildman–Crippen MR) is 96.8 cm³/mol. The van der Waals surface area contributed by atoms with Gasteiger partial charge in [0.25, 0.3) is 0 Å². The molecule has 4 aromatic rings. The molecule has 0 saturated heterocycles. The maximum Gasteiger partial charge on any atom is 0.124 e. The summed E-state index contributed by atoms with van der Waals surface area (Å²) in [4.78, 5) is 4.59. The number of para-hydroxylation sites is 1. The molecule has 0 atom stereocenters. The van der Waals surface area contributed by atoms with Crippen LogP contribution in [0.4, 0.5) is 5.69 Å². The summed E-state index contributed by atoms with van der Waals surface area (Å²) >= 11 is 0. The van der Waals surface area contributed by atoms with Crippen molar-refractivity contribution in [2.75, 3.05) is 0 Å². The molecule has 0 unspecified atom stereocenters. The number of fused-ring (bicyclic) bond motifs is 2. The minimum absolute atomic E-state index is 0.238. The standard InChI is InChI=1S/C21H15NO/c23-21-11-4-3-8-18(21)14-22-20-10-5-9-17-12-15-6-1-2-7-16(15)13-19(17)20/h1-14,23H. The average Bonchev–Trinajstić information content (AvgIpc) is 2.59. The second kappa shape index (κ2) is 5.58. The van der Waals surface area contributed by atoms with Crippen molar-refractivity contribution in [3.8, 4) is 5.75 Å². The van der Waals surface area contributed by atoms with Crippen molar-refractivity contribution >= 4 is 33.4 Å². The highest BCUT2D eigenvalue weighted by molar-refractivity contribution is 6.04. The third-order valence-electron chi connectivity index (χ3n) is 4.00. The van der Waals surface area contributed by atoms with Gasteiger partial charge in [0.1, 0.15) is 5.75 Å². The highest BCUT2D eigenvalue weighted by Crippen LogP contribution is 2.30. The van der Waals surface area contributed by atoms with Crippen LogP contribution in [-0.2, 0) is 0 Å². The summed E-state index contributed by atoms with van der Waals surface area (Å²) in [5.74, 6) is 0.238. The maximum atomic E-state index is 9.85. The number of hydrogen-bond donors (Lipinski definition) is 1. The van der Waals surface area contributed by atoms with E-state index >= 15 is 0 Å². The number of rotatable bonds is 2. The summed E-state index contributed by atoms with van der Waals surface area (Å²) in [5.41, 5.74) is 1.61. The third-order valence-corrected chi connectivity index (χ3v) is 4.00. The molecule has 0 fully saturated rings. The Hall–Kier alpha value is -3.13. The zero-order valence-corrected chi connectivity index (χ0v) is 12.5. The van der Waals surface area contributed by atoms with E-state index in [1.807, 2.05) is 36.4 Å². The summed E-state index contributed by atoms with van der Waals surface area (Å²) in [5, 5.41) is 14.5. The lowest BCUT2D eigenvalue weighted by atomic mass is 10.0. The van der Waals surface area contributed by atoms with Gasteiger partial charge in [-0.2, -0.15) is 0 Å². The summed E-state index contributed by atoms with van der Waals surface area (Å²) in [6, 6.07) is 26.0. The van der Waals surface area contributed by atoms with Gasteiger partial charge in [-0.15, -0.1) is 0 Å². The van der Waals surface area contributed by atoms with Gasteiger partial charge in [-0.3, -0.25) is 4.99 Å². The van der Waals surface area contributed by atoms with Crippen LogP contribution in [0, 0.1) is 0 Å². The Labute approximate surface area is 134 Å². The normalized spacial score (nSPS) is 11.5. The Balaban J connectivity index is 1.86. The second-order valence-corrected chi connectivity index (χ2v) is 5.51. The molecule has 1 N–H and O–H groups in total. The molecule has 0 heterocycles. The highest BCUT2D eigenvalue weighted by Gasteiger charge is 2.02. The Morgan fingerprint density at radius 1 is 0.696 bits per heavy atom. The first kappa shape index (κ1) is 13.5. The van der Waals surface area contributed by atoms with Crippen LogP contribution in [0.25, 0.3) is 21.5 Å². The number of phenols is 1. The molecular formula is C21H15NO. The fraction of sp³-hybridized carbons (Fsp3) is 0. The van der Waals surface area contributed by atoms with Gasteiger partial charge in [-0.05, 0) is 46.5 Å². The molecule has 4 aromatic carbocycles. The molecule has 0 aliphatic heterocycles. The van der Waals surface area contributed by atoms with Gasteiger partial charge < -0.3 is 5.11 Å². The number of phenolic OH excluding ortho intramolecular Hbond substituents is 1. The van der Waals surface area contributed by atoms with Crippen LogP contribution in [0.5, 0.6) is 5.75 Å². The fourth-order valence-corrected chi connectivity index (χ4v) is 2.80. The van der Waals surface area contributed by atoms with Crippen LogP contribution in [0.2, 0.25) is 0 Å². The van der Waals surface area contributed by atoms with E-state index in [1.54, 1.807) is 18.3 Å². The summed E-state index contributed by atoms with van der Waals surface area (Å²) in [6.45, 7) is 0. The van der Waals surface area contributed by atoms with Crippen molar-refractivity contribution < 1.29 is 5.11 Å². The molecule has 0 aliphatic carbocycles. The largest absolute Gasteiger partial charge is 0.507 e. The van der Waals surface area contributed by atoms with Crippen LogP contribution in [0.1, 0.15) is 5.56 Å². The highest BCUT2D eigenvalue weighted by atomic mass is 16.3. The average molecular weight is 297 g/mol. The van der Waals surface area contributed by atoms with E-state index in [0.717, 1.165) is 16.5 Å². The lowest BCUT2D eigenvalue weighted by molar-refractivity contribution is 0.474. The van der Waals surface area contributed by atoms with Crippen molar-refractivity contribution in [1.82, 2.24) is 0 Å². The van der Waals surface area contributed by atoms with E-state index in [2.05, 4.69) is 35.3 Å². The molecule has 2 heteroatoms. The van der Waals surface area contributed by atoms with Gasteiger partial charge in [-0.1, -0.05) is 48.5 Å². The van der Waals surface area contributed by atoms with Gasteiger partial charge in [-0.25, -0.2) is 0 Å². The Bertz CT molecular complexity index is 1030. The van der Waals surface area contributed by atoms with Gasteiger partial charge in [0.15, 0.2) is 0 Å². The molecule has 4 rings (SSSR count). The van der Waals surface area contributed by atoms with Gasteiger partial charge in [0.05, 0.1) is 5.69 Å². The molecule has 0 radical (unpaired) electrons. The SMILES string of the molecule is Oc1ccccc1C=Nc1cccc2cc3ccccc3cc12. The Morgan fingerprint density at radius 2 is 1.39 bits per heavy atom. The van der Waals surface area contributed by atoms with Crippen molar-refractivity contribution in [1.29, 1.82) is 0 Å². The Kier molecular flexibility index (Phi) is 3.28. The molecule has 0 aromatic heterocycles. The van der Waals surface area contributed by atoms with Crippen molar-refractivity contribution in [3.05, 3.63) is 84.4 Å². The number of aromatic hydroxyl groups is 1. The molecule has 110 valence electrons. The van der Waals surface area contributed by atoms with Crippen LogP contribution in [0.3, 0.4) is 0 Å². The van der Waals surface area contributed by atoms with Crippen molar-refractivity contribution in [3.63, 3.8) is 0 Å². The molecule has 0 aliphatic rings. The quantitative estimate of drug-likeness (QED) is 0.387. The van der Waals surface area contributed by atoms with E-state index < -0.39 is 0 Å². The summed E-state index contributed by atoms with van der Waals surface area (Å²) < 4.78 is 0. The maximum absolute atomic E-state index is 9.85. The van der Waals surface area contributed by atoms with Crippen LogP contribution in [0.15, 0.2) is 83.9 Å². The van der Waals surface area contributed by atoms with Crippen molar-refractivity contribution in [2.45, 2.75) is 0 Å². The first-order chi connectivity index (χ1) is 11.3. The predicted octanol–water partition coefficient (Wildman–Crippen LogP) is 5.45. The second-order valence-electron chi connectivity index (χ2n) is 5.51. The lowest BCUT2D eigenvalue weighted by Crippen LogP contribution is -1.82. The minimum Gasteiger partial charge on any atom is -0.507 e. The minimum atomic E-state index is 0.238. The molecule has 0 spiro atoms. The van der Waals surface area contributed by atoms with Crippen molar-refractivity contribution in [2.24, 2.45) is 4.99 Å². The summed E-state index contributed by atoms with van der Waals surface area (Å²) in [6.07, 6.45) is 1.71. The third kappa shape index (κ3) is 2.55. The van der Waals surface area contributed by atoms with Gasteiger partial charge in [0.2, 0.25) is 0 Å². The number of hydrogen-bond acceptors (Lipinski definition) is 2. The lowest BCUT2D eigenvalue weighted by Gasteiger charge is -2.05. The Morgan fingerprint density at radius 3 is 2.22 bits per heavy atom. The fourth-order valence-electron chi connectivity index (χ4n) is 2.80. The van der Waals surface area contributed by atoms with Crippen LogP contribution < -0.4 is 0 Å². The van der Waals surface area contributed by atoms with Crippen LogP contribution >= 0.6 is 0 Å². The first-order valence-electron chi connectivity index (χ1n) is 7.55.